The van der Waals surface area contributed by atoms with Gasteiger partial charge >= 0.3 is 0 Å². The molecule has 1 aromatic rings. The predicted octanol–water partition coefficient (Wildman–Crippen LogP) is 0.971. The third-order valence-electron chi connectivity index (χ3n) is 3.21. The van der Waals surface area contributed by atoms with Crippen molar-refractivity contribution >= 4 is 44.3 Å². The van der Waals surface area contributed by atoms with Gasteiger partial charge in [0.15, 0.2) is 0 Å². The van der Waals surface area contributed by atoms with Crippen molar-refractivity contribution in [3.63, 3.8) is 0 Å². The quantitative estimate of drug-likeness (QED) is 0.755. The number of piperazine rings is 1. The van der Waals surface area contributed by atoms with Crippen LogP contribution in [0.2, 0.25) is 0 Å². The van der Waals surface area contributed by atoms with E-state index in [0.717, 1.165) is 13.1 Å². The molecule has 1 aliphatic rings. The molecule has 124 valence electrons. The summed E-state index contributed by atoms with van der Waals surface area (Å²) in [6.45, 7) is 3.04. The van der Waals surface area contributed by atoms with Crippen molar-refractivity contribution in [3.8, 4) is 0 Å². The number of carbonyl (C=O) groups is 1. The van der Waals surface area contributed by atoms with E-state index in [1.54, 1.807) is 17.0 Å². The lowest BCUT2D eigenvalue weighted by atomic mass is 10.3. The fraction of sp³-hybridized carbons (Fsp3) is 0.462. The van der Waals surface area contributed by atoms with Crippen molar-refractivity contribution in [1.82, 2.24) is 14.9 Å². The Morgan fingerprint density at radius 2 is 2.00 bits per heavy atom. The van der Waals surface area contributed by atoms with Crippen LogP contribution in [0.1, 0.15) is 6.42 Å². The van der Waals surface area contributed by atoms with E-state index in [2.05, 4.69) is 26.0 Å². The molecule has 1 fully saturated rings. The molecule has 0 bridgehead atoms. The van der Waals surface area contributed by atoms with Gasteiger partial charge in [-0.1, -0.05) is 22.0 Å². The lowest BCUT2D eigenvalue weighted by Crippen LogP contribution is -2.47. The van der Waals surface area contributed by atoms with Crippen molar-refractivity contribution in [3.05, 3.63) is 28.7 Å². The van der Waals surface area contributed by atoms with Gasteiger partial charge in [-0.05, 0) is 18.2 Å². The van der Waals surface area contributed by atoms with Crippen LogP contribution < -0.4 is 10.0 Å². The Labute approximate surface area is 145 Å². The maximum absolute atomic E-state index is 12.1. The van der Waals surface area contributed by atoms with Crippen molar-refractivity contribution in [2.24, 2.45) is 0 Å². The molecule has 0 aromatic heterocycles. The topological polar surface area (TPSA) is 78.5 Å². The van der Waals surface area contributed by atoms with Crippen molar-refractivity contribution in [2.75, 3.05) is 32.7 Å². The van der Waals surface area contributed by atoms with Crippen LogP contribution in [-0.2, 0) is 14.8 Å². The van der Waals surface area contributed by atoms with E-state index in [1.165, 1.54) is 12.1 Å². The summed E-state index contributed by atoms with van der Waals surface area (Å²) in [5.41, 5.74) is 0. The smallest absolute Gasteiger partial charge is 0.240 e. The Morgan fingerprint density at radius 1 is 1.32 bits per heavy atom. The standard InChI is InChI=1S/C13H18BrN3O3S.ClH/c14-11-2-1-3-12(10-11)21(19,20)16-5-4-13(18)17-8-6-15-7-9-17;/h1-3,10,15-16H,4-9H2;1H. The van der Waals surface area contributed by atoms with E-state index in [-0.39, 0.29) is 36.2 Å². The maximum atomic E-state index is 12.1. The van der Waals surface area contributed by atoms with Gasteiger partial charge in [-0.3, -0.25) is 4.79 Å². The molecule has 1 aliphatic heterocycles. The molecule has 1 aromatic carbocycles. The fourth-order valence-electron chi connectivity index (χ4n) is 2.08. The normalized spacial score (nSPS) is 15.2. The molecule has 1 heterocycles. The van der Waals surface area contributed by atoms with Gasteiger partial charge in [-0.2, -0.15) is 0 Å². The van der Waals surface area contributed by atoms with Gasteiger partial charge in [0, 0.05) is 43.6 Å². The zero-order valence-electron chi connectivity index (χ0n) is 11.9. The van der Waals surface area contributed by atoms with Crippen LogP contribution in [0.15, 0.2) is 33.6 Å². The number of nitrogens with zero attached hydrogens (tertiary/aromatic N) is 1. The van der Waals surface area contributed by atoms with Crippen LogP contribution in [0, 0.1) is 0 Å². The lowest BCUT2D eigenvalue weighted by Gasteiger charge is -2.27. The van der Waals surface area contributed by atoms with Crippen LogP contribution in [0.3, 0.4) is 0 Å². The first kappa shape index (κ1) is 19.4. The Bertz CT molecular complexity index is 606. The van der Waals surface area contributed by atoms with Gasteiger partial charge in [0.2, 0.25) is 15.9 Å². The average Bonchev–Trinajstić information content (AvgIpc) is 2.48. The molecule has 1 saturated heterocycles. The first-order valence-electron chi connectivity index (χ1n) is 6.73. The van der Waals surface area contributed by atoms with Gasteiger partial charge in [0.25, 0.3) is 0 Å². The molecule has 2 N–H and O–H groups in total. The fourth-order valence-corrected chi connectivity index (χ4v) is 3.71. The summed E-state index contributed by atoms with van der Waals surface area (Å²) >= 11 is 3.24. The summed E-state index contributed by atoms with van der Waals surface area (Å²) in [4.78, 5) is 13.9. The molecule has 0 unspecified atom stereocenters. The maximum Gasteiger partial charge on any atom is 0.240 e. The Balaban J connectivity index is 0.00000242. The molecule has 9 heteroatoms. The molecule has 0 atom stereocenters. The van der Waals surface area contributed by atoms with E-state index >= 15 is 0 Å². The third-order valence-corrected chi connectivity index (χ3v) is 5.16. The zero-order chi connectivity index (χ0) is 15.3. The van der Waals surface area contributed by atoms with Crippen LogP contribution >= 0.6 is 28.3 Å². The summed E-state index contributed by atoms with van der Waals surface area (Å²) in [7, 11) is -3.57. The molecular formula is C13H19BrClN3O3S. The number of nitrogens with one attached hydrogen (secondary N) is 2. The molecule has 22 heavy (non-hydrogen) atoms. The molecule has 0 radical (unpaired) electrons. The number of sulfonamides is 1. The highest BCUT2D eigenvalue weighted by atomic mass is 79.9. The molecule has 0 saturated carbocycles. The van der Waals surface area contributed by atoms with E-state index in [1.807, 2.05) is 0 Å². The minimum absolute atomic E-state index is 0. The van der Waals surface area contributed by atoms with Gasteiger partial charge in [-0.15, -0.1) is 12.4 Å². The van der Waals surface area contributed by atoms with Crippen molar-refractivity contribution in [2.45, 2.75) is 11.3 Å². The number of hydrogen-bond acceptors (Lipinski definition) is 4. The summed E-state index contributed by atoms with van der Waals surface area (Å²) in [5, 5.41) is 3.17. The summed E-state index contributed by atoms with van der Waals surface area (Å²) in [6.07, 6.45) is 0.174. The third kappa shape index (κ3) is 5.51. The van der Waals surface area contributed by atoms with Gasteiger partial charge < -0.3 is 10.2 Å². The molecule has 0 spiro atoms. The number of carbonyl (C=O) groups excluding carboxylic acids is 1. The highest BCUT2D eigenvalue weighted by Crippen LogP contribution is 2.15. The largest absolute Gasteiger partial charge is 0.340 e. The number of benzene rings is 1. The van der Waals surface area contributed by atoms with E-state index in [9.17, 15) is 13.2 Å². The average molecular weight is 413 g/mol. The first-order chi connectivity index (χ1) is 9.99. The second kappa shape index (κ2) is 8.83. The monoisotopic (exact) mass is 411 g/mol. The molecule has 6 nitrogen and oxygen atoms in total. The number of amides is 1. The van der Waals surface area contributed by atoms with E-state index in [0.29, 0.717) is 17.6 Å². The minimum Gasteiger partial charge on any atom is -0.340 e. The van der Waals surface area contributed by atoms with Crippen molar-refractivity contribution < 1.29 is 13.2 Å². The van der Waals surface area contributed by atoms with Crippen LogP contribution in [0.5, 0.6) is 0 Å². The summed E-state index contributed by atoms with van der Waals surface area (Å²) in [6, 6.07) is 6.46. The highest BCUT2D eigenvalue weighted by molar-refractivity contribution is 9.10. The Morgan fingerprint density at radius 3 is 2.64 bits per heavy atom. The van der Waals surface area contributed by atoms with Crippen LogP contribution in [0.25, 0.3) is 0 Å². The second-order valence-electron chi connectivity index (χ2n) is 4.74. The minimum atomic E-state index is -3.57. The van der Waals surface area contributed by atoms with Gasteiger partial charge in [0.05, 0.1) is 4.90 Å². The predicted molar refractivity (Wildman–Crippen MR) is 90.6 cm³/mol. The van der Waals surface area contributed by atoms with Crippen molar-refractivity contribution in [1.29, 1.82) is 0 Å². The molecule has 0 aliphatic carbocycles. The zero-order valence-corrected chi connectivity index (χ0v) is 15.1. The van der Waals surface area contributed by atoms with Gasteiger partial charge in [-0.25, -0.2) is 13.1 Å². The summed E-state index contributed by atoms with van der Waals surface area (Å²) in [5.74, 6) is -0.0200. The van der Waals surface area contributed by atoms with Gasteiger partial charge in [0.1, 0.15) is 0 Å². The SMILES string of the molecule is Cl.O=C(CCNS(=O)(=O)c1cccc(Br)c1)N1CCNCC1. The van der Waals surface area contributed by atoms with E-state index < -0.39 is 10.0 Å². The first-order valence-corrected chi connectivity index (χ1v) is 9.00. The highest BCUT2D eigenvalue weighted by Gasteiger charge is 2.18. The van der Waals surface area contributed by atoms with Crippen LogP contribution in [-0.4, -0.2) is 51.9 Å². The number of rotatable bonds is 5. The second-order valence-corrected chi connectivity index (χ2v) is 7.42. The summed E-state index contributed by atoms with van der Waals surface area (Å²) < 4.78 is 27.3. The van der Waals surface area contributed by atoms with Crippen LogP contribution in [0.4, 0.5) is 0 Å². The molecule has 2 rings (SSSR count). The molecular weight excluding hydrogens is 394 g/mol. The number of hydrogen-bond donors (Lipinski definition) is 2. The Hall–Kier alpha value is -0.670. The Kier molecular flexibility index (Phi) is 7.78. The lowest BCUT2D eigenvalue weighted by molar-refractivity contribution is -0.131. The molecule has 1 amide bonds. The van der Waals surface area contributed by atoms with E-state index in [4.69, 9.17) is 0 Å². The number of halogens is 2.